The van der Waals surface area contributed by atoms with Gasteiger partial charge in [0.1, 0.15) is 23.3 Å². The Morgan fingerprint density at radius 1 is 1.21 bits per heavy atom. The van der Waals surface area contributed by atoms with E-state index in [0.29, 0.717) is 27.8 Å². The van der Waals surface area contributed by atoms with Crippen molar-refractivity contribution in [2.45, 2.75) is 6.61 Å². The molecule has 3 aromatic rings. The molecule has 0 atom stereocenters. The molecule has 122 valence electrons. The molecular formula is C18H15ClN2O3. The van der Waals surface area contributed by atoms with Crippen LogP contribution in [0.2, 0.25) is 5.15 Å². The molecule has 0 aliphatic rings. The van der Waals surface area contributed by atoms with E-state index in [-0.39, 0.29) is 6.61 Å². The van der Waals surface area contributed by atoms with Gasteiger partial charge < -0.3 is 15.2 Å². The number of hydrogen-bond acceptors (Lipinski definition) is 4. The first-order valence-electron chi connectivity index (χ1n) is 7.23. The fourth-order valence-corrected chi connectivity index (χ4v) is 2.55. The third-order valence-electron chi connectivity index (χ3n) is 3.59. The molecule has 0 unspecified atom stereocenters. The Kier molecular flexibility index (Phi) is 4.53. The van der Waals surface area contributed by atoms with Gasteiger partial charge in [0.15, 0.2) is 0 Å². The molecule has 0 saturated carbocycles. The minimum Gasteiger partial charge on any atom is -0.497 e. The highest BCUT2D eigenvalue weighted by Crippen LogP contribution is 2.26. The number of rotatable bonds is 5. The first-order chi connectivity index (χ1) is 11.6. The van der Waals surface area contributed by atoms with Crippen LogP contribution in [0.25, 0.3) is 10.9 Å². The molecule has 2 N–H and O–H groups in total. The van der Waals surface area contributed by atoms with Crippen LogP contribution in [0.5, 0.6) is 11.5 Å². The normalized spacial score (nSPS) is 10.6. The van der Waals surface area contributed by atoms with Gasteiger partial charge in [0, 0.05) is 17.0 Å². The van der Waals surface area contributed by atoms with Crippen LogP contribution < -0.4 is 15.2 Å². The van der Waals surface area contributed by atoms with Crippen molar-refractivity contribution in [2.24, 2.45) is 5.73 Å². The predicted molar refractivity (Wildman–Crippen MR) is 92.6 cm³/mol. The maximum absolute atomic E-state index is 11.4. The van der Waals surface area contributed by atoms with Gasteiger partial charge in [0.05, 0.1) is 18.2 Å². The van der Waals surface area contributed by atoms with Crippen LogP contribution in [0.4, 0.5) is 0 Å². The summed E-state index contributed by atoms with van der Waals surface area (Å²) in [6.07, 6.45) is 0. The van der Waals surface area contributed by atoms with Crippen molar-refractivity contribution in [3.8, 4) is 11.5 Å². The van der Waals surface area contributed by atoms with Crippen molar-refractivity contribution >= 4 is 28.4 Å². The molecule has 0 saturated heterocycles. The second-order valence-corrected chi connectivity index (χ2v) is 5.50. The lowest BCUT2D eigenvalue weighted by atomic mass is 10.1. The number of nitrogens with zero attached hydrogens (tertiary/aromatic N) is 1. The molecule has 0 radical (unpaired) electrons. The fourth-order valence-electron chi connectivity index (χ4n) is 2.35. The van der Waals surface area contributed by atoms with Crippen LogP contribution in [0.1, 0.15) is 15.9 Å². The first-order valence-corrected chi connectivity index (χ1v) is 7.61. The summed E-state index contributed by atoms with van der Waals surface area (Å²) >= 11 is 6.24. The van der Waals surface area contributed by atoms with Crippen LogP contribution in [0, 0.1) is 0 Å². The van der Waals surface area contributed by atoms with E-state index in [0.717, 1.165) is 10.9 Å². The molecule has 0 aliphatic heterocycles. The van der Waals surface area contributed by atoms with Crippen molar-refractivity contribution in [3.63, 3.8) is 0 Å². The quantitative estimate of drug-likeness (QED) is 0.719. The number of benzene rings is 2. The number of nitrogens with two attached hydrogens (primary N) is 1. The summed E-state index contributed by atoms with van der Waals surface area (Å²) < 4.78 is 10.9. The summed E-state index contributed by atoms with van der Waals surface area (Å²) in [5, 5.41) is 1.26. The Bertz CT molecular complexity index is 912. The van der Waals surface area contributed by atoms with Crippen LogP contribution >= 0.6 is 11.6 Å². The maximum Gasteiger partial charge on any atom is 0.252 e. The lowest BCUT2D eigenvalue weighted by molar-refractivity contribution is 0.0996. The molecule has 24 heavy (non-hydrogen) atoms. The number of pyridine rings is 1. The molecule has 0 fully saturated rings. The number of fused-ring (bicyclic) bond motifs is 1. The summed E-state index contributed by atoms with van der Waals surface area (Å²) in [5.41, 5.74) is 7.12. The molecule has 3 rings (SSSR count). The van der Waals surface area contributed by atoms with Crippen LogP contribution in [-0.4, -0.2) is 18.0 Å². The van der Waals surface area contributed by atoms with Gasteiger partial charge in [-0.05, 0) is 30.3 Å². The topological polar surface area (TPSA) is 74.4 Å². The Labute approximate surface area is 144 Å². The smallest absolute Gasteiger partial charge is 0.252 e. The minimum absolute atomic E-state index is 0.179. The van der Waals surface area contributed by atoms with Gasteiger partial charge in [-0.1, -0.05) is 23.7 Å². The van der Waals surface area contributed by atoms with Gasteiger partial charge in [-0.15, -0.1) is 0 Å². The molecular weight excluding hydrogens is 328 g/mol. The first kappa shape index (κ1) is 16.1. The molecule has 2 aromatic carbocycles. The van der Waals surface area contributed by atoms with E-state index in [4.69, 9.17) is 26.8 Å². The second kappa shape index (κ2) is 6.76. The predicted octanol–water partition coefficient (Wildman–Crippen LogP) is 3.57. The van der Waals surface area contributed by atoms with Gasteiger partial charge in [-0.2, -0.15) is 0 Å². The van der Waals surface area contributed by atoms with E-state index in [1.807, 2.05) is 24.3 Å². The van der Waals surface area contributed by atoms with E-state index in [9.17, 15) is 4.79 Å². The minimum atomic E-state index is -0.541. The van der Waals surface area contributed by atoms with Gasteiger partial charge in [0.2, 0.25) is 0 Å². The SMILES string of the molecule is COc1ccc2cc(COc3ccccc3C(N)=O)c(Cl)nc2c1. The molecule has 0 aliphatic carbocycles. The average molecular weight is 343 g/mol. The molecule has 1 amide bonds. The van der Waals surface area contributed by atoms with Crippen LogP contribution in [0.3, 0.4) is 0 Å². The van der Waals surface area contributed by atoms with E-state index in [1.165, 1.54) is 0 Å². The fraction of sp³-hybridized carbons (Fsp3) is 0.111. The van der Waals surface area contributed by atoms with Crippen molar-refractivity contribution in [1.82, 2.24) is 4.98 Å². The Morgan fingerprint density at radius 3 is 2.75 bits per heavy atom. The summed E-state index contributed by atoms with van der Waals surface area (Å²) in [7, 11) is 1.60. The summed E-state index contributed by atoms with van der Waals surface area (Å²) in [5.74, 6) is 0.585. The van der Waals surface area contributed by atoms with Crippen molar-refractivity contribution < 1.29 is 14.3 Å². The number of hydrogen-bond donors (Lipinski definition) is 1. The number of halogens is 1. The zero-order valence-electron chi connectivity index (χ0n) is 13.0. The van der Waals surface area contributed by atoms with Crippen LogP contribution in [0.15, 0.2) is 48.5 Å². The number of ether oxygens (including phenoxy) is 2. The standard InChI is InChI=1S/C18H15ClN2O3/c1-23-13-7-6-11-8-12(17(19)21-15(11)9-13)10-24-16-5-3-2-4-14(16)18(20)22/h2-9H,10H2,1H3,(H2,20,22). The molecule has 1 aromatic heterocycles. The third kappa shape index (κ3) is 3.26. The summed E-state index contributed by atoms with van der Waals surface area (Å²) in [6, 6.07) is 14.3. The van der Waals surface area contributed by atoms with Crippen molar-refractivity contribution in [1.29, 1.82) is 0 Å². The maximum atomic E-state index is 11.4. The van der Waals surface area contributed by atoms with E-state index < -0.39 is 5.91 Å². The van der Waals surface area contributed by atoms with E-state index in [1.54, 1.807) is 31.4 Å². The number of methoxy groups -OCH3 is 1. The summed E-state index contributed by atoms with van der Waals surface area (Å²) in [6.45, 7) is 0.179. The highest BCUT2D eigenvalue weighted by Gasteiger charge is 2.11. The highest BCUT2D eigenvalue weighted by atomic mass is 35.5. The van der Waals surface area contributed by atoms with Crippen molar-refractivity contribution in [3.05, 3.63) is 64.8 Å². The van der Waals surface area contributed by atoms with Gasteiger partial charge in [0.25, 0.3) is 5.91 Å². The Morgan fingerprint density at radius 2 is 2.00 bits per heavy atom. The Hall–Kier alpha value is -2.79. The average Bonchev–Trinajstić information content (AvgIpc) is 2.59. The third-order valence-corrected chi connectivity index (χ3v) is 3.91. The monoisotopic (exact) mass is 342 g/mol. The van der Waals surface area contributed by atoms with E-state index >= 15 is 0 Å². The molecule has 6 heteroatoms. The number of carbonyl (C=O) groups excluding carboxylic acids is 1. The van der Waals surface area contributed by atoms with Gasteiger partial charge >= 0.3 is 0 Å². The number of carbonyl (C=O) groups is 1. The van der Waals surface area contributed by atoms with Gasteiger partial charge in [-0.25, -0.2) is 4.98 Å². The number of primary amides is 1. The number of aromatic nitrogens is 1. The zero-order valence-corrected chi connectivity index (χ0v) is 13.7. The largest absolute Gasteiger partial charge is 0.497 e. The second-order valence-electron chi connectivity index (χ2n) is 5.15. The summed E-state index contributed by atoms with van der Waals surface area (Å²) in [4.78, 5) is 15.8. The lowest BCUT2D eigenvalue weighted by Gasteiger charge is -2.11. The lowest BCUT2D eigenvalue weighted by Crippen LogP contribution is -2.13. The molecule has 0 bridgehead atoms. The molecule has 0 spiro atoms. The van der Waals surface area contributed by atoms with Crippen molar-refractivity contribution in [2.75, 3.05) is 7.11 Å². The molecule has 5 nitrogen and oxygen atoms in total. The number of para-hydroxylation sites is 1. The highest BCUT2D eigenvalue weighted by molar-refractivity contribution is 6.30. The van der Waals surface area contributed by atoms with Gasteiger partial charge in [-0.3, -0.25) is 4.79 Å². The zero-order chi connectivity index (χ0) is 17.1. The number of amides is 1. The van der Waals surface area contributed by atoms with E-state index in [2.05, 4.69) is 4.98 Å². The van der Waals surface area contributed by atoms with Crippen LogP contribution in [-0.2, 0) is 6.61 Å². The Balaban J connectivity index is 1.88. The molecule has 1 heterocycles.